The second-order valence-corrected chi connectivity index (χ2v) is 6.54. The molecular weight excluding hydrogens is 328 g/mol. The number of nitrogens with zero attached hydrogens (tertiary/aromatic N) is 3. The quantitative estimate of drug-likeness (QED) is 0.783. The van der Waals surface area contributed by atoms with Crippen LogP contribution in [-0.4, -0.2) is 40.6 Å². The maximum atomic E-state index is 12.0. The molecule has 1 N–H and O–H groups in total. The molecule has 2 aromatic heterocycles. The van der Waals surface area contributed by atoms with Crippen LogP contribution in [0.25, 0.3) is 5.65 Å². The van der Waals surface area contributed by atoms with E-state index in [4.69, 9.17) is 4.74 Å². The summed E-state index contributed by atoms with van der Waals surface area (Å²) in [5, 5.41) is 3.45. The molecule has 6 heteroatoms. The lowest BCUT2D eigenvalue weighted by Gasteiger charge is -2.33. The van der Waals surface area contributed by atoms with Crippen LogP contribution in [0.1, 0.15) is 17.4 Å². The second-order valence-electron chi connectivity index (χ2n) is 6.54. The van der Waals surface area contributed by atoms with Crippen molar-refractivity contribution in [3.63, 3.8) is 0 Å². The molecule has 26 heavy (non-hydrogen) atoms. The number of para-hydroxylation sites is 1. The van der Waals surface area contributed by atoms with E-state index in [1.807, 2.05) is 37.3 Å². The van der Waals surface area contributed by atoms with Gasteiger partial charge in [-0.15, -0.1) is 0 Å². The fourth-order valence-electron chi connectivity index (χ4n) is 3.37. The number of hydrogen-bond donors (Lipinski definition) is 1. The number of pyridine rings is 1. The Bertz CT molecular complexity index is 955. The van der Waals surface area contributed by atoms with E-state index in [9.17, 15) is 4.79 Å². The van der Waals surface area contributed by atoms with Gasteiger partial charge >= 0.3 is 0 Å². The number of benzene rings is 1. The molecule has 0 bridgehead atoms. The van der Waals surface area contributed by atoms with Crippen LogP contribution in [0.3, 0.4) is 0 Å². The van der Waals surface area contributed by atoms with Crippen LogP contribution in [-0.2, 0) is 4.74 Å². The van der Waals surface area contributed by atoms with Crippen LogP contribution >= 0.6 is 0 Å². The van der Waals surface area contributed by atoms with Crippen molar-refractivity contribution in [1.82, 2.24) is 14.3 Å². The van der Waals surface area contributed by atoms with Crippen LogP contribution in [0.2, 0.25) is 0 Å². The zero-order chi connectivity index (χ0) is 17.9. The number of fused-ring (bicyclic) bond motifs is 1. The summed E-state index contributed by atoms with van der Waals surface area (Å²) in [6.45, 7) is 5.07. The summed E-state index contributed by atoms with van der Waals surface area (Å²) < 4.78 is 7.62. The molecule has 3 aromatic rings. The number of hydrogen-bond acceptors (Lipinski definition) is 5. The molecule has 1 atom stereocenters. The van der Waals surface area contributed by atoms with E-state index in [0.717, 1.165) is 36.7 Å². The molecular formula is C20H22N4O2. The molecule has 0 spiro atoms. The molecule has 134 valence electrons. The Morgan fingerprint density at radius 2 is 2.08 bits per heavy atom. The Morgan fingerprint density at radius 3 is 2.92 bits per heavy atom. The minimum Gasteiger partial charge on any atom is -0.372 e. The first-order chi connectivity index (χ1) is 12.7. The van der Waals surface area contributed by atoms with E-state index >= 15 is 0 Å². The van der Waals surface area contributed by atoms with Gasteiger partial charge in [-0.3, -0.25) is 14.1 Å². The molecule has 1 unspecified atom stereocenters. The summed E-state index contributed by atoms with van der Waals surface area (Å²) in [5.74, 6) is 0. The number of nitrogens with one attached hydrogen (secondary N) is 1. The number of morpholine rings is 1. The van der Waals surface area contributed by atoms with E-state index in [-0.39, 0.29) is 11.7 Å². The van der Waals surface area contributed by atoms with Crippen molar-refractivity contribution in [2.24, 2.45) is 0 Å². The Hall–Kier alpha value is -2.70. The Kier molecular flexibility index (Phi) is 4.69. The van der Waals surface area contributed by atoms with Gasteiger partial charge in [0.25, 0.3) is 5.56 Å². The van der Waals surface area contributed by atoms with Gasteiger partial charge in [0.15, 0.2) is 0 Å². The lowest BCUT2D eigenvalue weighted by molar-refractivity contribution is -0.0274. The zero-order valence-corrected chi connectivity index (χ0v) is 14.8. The van der Waals surface area contributed by atoms with Gasteiger partial charge in [0.2, 0.25) is 0 Å². The largest absolute Gasteiger partial charge is 0.372 e. The standard InChI is InChI=1S/C20H22N4O2/c1-15-11-16(12-19-21-8-7-20(25)24(15)19)18-13-23(9-10-26-18)14-22-17-5-3-2-4-6-17/h2-8,11-12,18,22H,9-10,13-14H2,1H3. The van der Waals surface area contributed by atoms with Crippen LogP contribution in [0.5, 0.6) is 0 Å². The minimum absolute atomic E-state index is 0.0258. The van der Waals surface area contributed by atoms with Gasteiger partial charge in [-0.25, -0.2) is 4.98 Å². The minimum atomic E-state index is -0.0581. The van der Waals surface area contributed by atoms with Gasteiger partial charge in [-0.1, -0.05) is 18.2 Å². The maximum absolute atomic E-state index is 12.0. The molecule has 1 saturated heterocycles. The van der Waals surface area contributed by atoms with Gasteiger partial charge in [-0.2, -0.15) is 0 Å². The predicted octanol–water partition coefficient (Wildman–Crippen LogP) is 2.45. The molecule has 1 aromatic carbocycles. The van der Waals surface area contributed by atoms with Crippen LogP contribution in [0.15, 0.2) is 59.5 Å². The average molecular weight is 350 g/mol. The van der Waals surface area contributed by atoms with E-state index in [2.05, 4.69) is 27.3 Å². The van der Waals surface area contributed by atoms with Crippen molar-refractivity contribution in [1.29, 1.82) is 0 Å². The summed E-state index contributed by atoms with van der Waals surface area (Å²) in [5.41, 5.74) is 3.65. The van der Waals surface area contributed by atoms with Crippen molar-refractivity contribution in [2.45, 2.75) is 13.0 Å². The highest BCUT2D eigenvalue weighted by atomic mass is 16.5. The normalized spacial score (nSPS) is 18.1. The zero-order valence-electron chi connectivity index (χ0n) is 14.8. The topological polar surface area (TPSA) is 58.9 Å². The number of anilines is 1. The van der Waals surface area contributed by atoms with Gasteiger partial charge < -0.3 is 10.1 Å². The number of aromatic nitrogens is 2. The highest BCUT2D eigenvalue weighted by Gasteiger charge is 2.22. The lowest BCUT2D eigenvalue weighted by Crippen LogP contribution is -2.41. The molecule has 0 saturated carbocycles. The smallest absolute Gasteiger partial charge is 0.258 e. The van der Waals surface area contributed by atoms with Gasteiger partial charge in [0, 0.05) is 36.7 Å². The Morgan fingerprint density at radius 1 is 1.23 bits per heavy atom. The summed E-state index contributed by atoms with van der Waals surface area (Å²) in [7, 11) is 0. The van der Waals surface area contributed by atoms with E-state index in [1.165, 1.54) is 6.07 Å². The molecule has 1 fully saturated rings. The summed E-state index contributed by atoms with van der Waals surface area (Å²) in [6, 6.07) is 15.6. The van der Waals surface area contributed by atoms with Gasteiger partial charge in [0.1, 0.15) is 5.65 Å². The third-order valence-electron chi connectivity index (χ3n) is 4.70. The third-order valence-corrected chi connectivity index (χ3v) is 4.70. The highest BCUT2D eigenvalue weighted by molar-refractivity contribution is 5.44. The predicted molar refractivity (Wildman–Crippen MR) is 101 cm³/mol. The van der Waals surface area contributed by atoms with Crippen LogP contribution in [0.4, 0.5) is 5.69 Å². The first-order valence-corrected chi connectivity index (χ1v) is 8.82. The summed E-state index contributed by atoms with van der Waals surface area (Å²) in [6.07, 6.45) is 1.53. The molecule has 4 rings (SSSR count). The van der Waals surface area contributed by atoms with Gasteiger partial charge in [-0.05, 0) is 36.8 Å². The Balaban J connectivity index is 1.51. The maximum Gasteiger partial charge on any atom is 0.258 e. The summed E-state index contributed by atoms with van der Waals surface area (Å²) >= 11 is 0. The van der Waals surface area contributed by atoms with Crippen molar-refractivity contribution < 1.29 is 4.74 Å². The highest BCUT2D eigenvalue weighted by Crippen LogP contribution is 2.24. The molecule has 1 aliphatic heterocycles. The number of ether oxygens (including phenoxy) is 1. The molecule has 0 amide bonds. The third kappa shape index (κ3) is 3.47. The molecule has 3 heterocycles. The molecule has 1 aliphatic rings. The van der Waals surface area contributed by atoms with E-state index in [1.54, 1.807) is 10.6 Å². The van der Waals surface area contributed by atoms with Crippen molar-refractivity contribution in [2.75, 3.05) is 31.7 Å². The molecule has 6 nitrogen and oxygen atoms in total. The first-order valence-electron chi connectivity index (χ1n) is 8.82. The molecule has 0 radical (unpaired) electrons. The van der Waals surface area contributed by atoms with Crippen molar-refractivity contribution in [3.8, 4) is 0 Å². The Labute approximate surface area is 152 Å². The lowest BCUT2D eigenvalue weighted by atomic mass is 10.1. The van der Waals surface area contributed by atoms with Gasteiger partial charge in [0.05, 0.1) is 19.4 Å². The number of aryl methyl sites for hydroxylation is 1. The van der Waals surface area contributed by atoms with Crippen LogP contribution in [0, 0.1) is 6.92 Å². The fourth-order valence-corrected chi connectivity index (χ4v) is 3.37. The fraction of sp³-hybridized carbons (Fsp3) is 0.300. The van der Waals surface area contributed by atoms with Crippen molar-refractivity contribution >= 4 is 11.3 Å². The monoisotopic (exact) mass is 350 g/mol. The first kappa shape index (κ1) is 16.8. The van der Waals surface area contributed by atoms with E-state index in [0.29, 0.717) is 12.3 Å². The van der Waals surface area contributed by atoms with Crippen LogP contribution < -0.4 is 10.9 Å². The average Bonchev–Trinajstić information content (AvgIpc) is 2.67. The summed E-state index contributed by atoms with van der Waals surface area (Å²) in [4.78, 5) is 18.7. The van der Waals surface area contributed by atoms with E-state index < -0.39 is 0 Å². The number of rotatable bonds is 4. The SMILES string of the molecule is Cc1cc(C2CN(CNc3ccccc3)CCO2)cc2nccc(=O)n12. The molecule has 0 aliphatic carbocycles. The van der Waals surface area contributed by atoms with Crippen molar-refractivity contribution in [3.05, 3.63) is 76.3 Å². The second kappa shape index (κ2) is 7.27.